The van der Waals surface area contributed by atoms with Gasteiger partial charge >= 0.3 is 12.1 Å². The fourth-order valence-corrected chi connectivity index (χ4v) is 4.21. The number of nitrogens with one attached hydrogen (secondary N) is 2. The first kappa shape index (κ1) is 26.2. The standard InChI is InChI=1S/C26H32FN5O5/c1-7-35-23(33)19-13-29-32-9-8-20(31-22(19)32)30-15(2)18-11-17(27)10-16-12-26(6,36-21(16)18)14-28-24(34)37-25(3,4)5/h8-11,13,15H,7,12,14H2,1-6H3,(H,28,34)(H,30,31)/t15-,26-/m1/s1. The molecule has 11 heteroatoms. The molecule has 0 spiro atoms. The summed E-state index contributed by atoms with van der Waals surface area (Å²) in [6.45, 7) is 11.2. The molecule has 1 aromatic carbocycles. The van der Waals surface area contributed by atoms with Gasteiger partial charge in [0.25, 0.3) is 0 Å². The lowest BCUT2D eigenvalue weighted by Crippen LogP contribution is -2.45. The number of fused-ring (bicyclic) bond motifs is 2. The summed E-state index contributed by atoms with van der Waals surface area (Å²) in [5.74, 6) is 0.133. The van der Waals surface area contributed by atoms with Crippen LogP contribution in [0.15, 0.2) is 30.6 Å². The third-order valence-corrected chi connectivity index (χ3v) is 5.77. The zero-order valence-electron chi connectivity index (χ0n) is 21.8. The number of amides is 1. The zero-order valence-corrected chi connectivity index (χ0v) is 21.8. The monoisotopic (exact) mass is 513 g/mol. The summed E-state index contributed by atoms with van der Waals surface area (Å²) < 4.78 is 32.8. The molecule has 0 fully saturated rings. The van der Waals surface area contributed by atoms with Crippen LogP contribution in [-0.4, -0.2) is 51.0 Å². The Morgan fingerprint density at radius 2 is 2.08 bits per heavy atom. The van der Waals surface area contributed by atoms with E-state index < -0.39 is 29.3 Å². The van der Waals surface area contributed by atoms with E-state index in [1.165, 1.54) is 22.8 Å². The molecule has 198 valence electrons. The van der Waals surface area contributed by atoms with Crippen molar-refractivity contribution in [3.63, 3.8) is 0 Å². The topological polar surface area (TPSA) is 116 Å². The highest BCUT2D eigenvalue weighted by molar-refractivity contribution is 5.95. The van der Waals surface area contributed by atoms with Crippen molar-refractivity contribution in [3.05, 3.63) is 53.1 Å². The van der Waals surface area contributed by atoms with Gasteiger partial charge in [-0.1, -0.05) is 0 Å². The Morgan fingerprint density at radius 1 is 1.32 bits per heavy atom. The molecule has 3 heterocycles. The van der Waals surface area contributed by atoms with Gasteiger partial charge in [0, 0.05) is 23.7 Å². The Bertz CT molecular complexity index is 1330. The molecule has 2 aromatic heterocycles. The Labute approximate surface area is 214 Å². The van der Waals surface area contributed by atoms with Gasteiger partial charge in [-0.05, 0) is 59.7 Å². The molecule has 1 aliphatic heterocycles. The number of carbonyl (C=O) groups is 2. The Hall–Kier alpha value is -3.89. The van der Waals surface area contributed by atoms with Gasteiger partial charge in [-0.2, -0.15) is 5.10 Å². The normalized spacial score (nSPS) is 17.6. The molecule has 0 bridgehead atoms. The second kappa shape index (κ2) is 9.87. The third kappa shape index (κ3) is 5.92. The molecule has 4 rings (SSSR count). The maximum absolute atomic E-state index is 14.6. The van der Waals surface area contributed by atoms with Gasteiger partial charge in [-0.25, -0.2) is 23.5 Å². The van der Waals surface area contributed by atoms with Gasteiger partial charge in [0.2, 0.25) is 0 Å². The summed E-state index contributed by atoms with van der Waals surface area (Å²) in [5, 5.41) is 10.1. The highest BCUT2D eigenvalue weighted by atomic mass is 19.1. The molecule has 0 saturated heterocycles. The number of hydrogen-bond donors (Lipinski definition) is 2. The average molecular weight is 514 g/mol. The molecule has 0 radical (unpaired) electrons. The van der Waals surface area contributed by atoms with E-state index in [2.05, 4.69) is 20.7 Å². The molecule has 2 N–H and O–H groups in total. The summed E-state index contributed by atoms with van der Waals surface area (Å²) in [6.07, 6.45) is 2.95. The third-order valence-electron chi connectivity index (χ3n) is 5.77. The second-order valence-corrected chi connectivity index (χ2v) is 10.3. The Balaban J connectivity index is 1.52. The number of benzene rings is 1. The van der Waals surface area contributed by atoms with E-state index >= 15 is 0 Å². The number of nitrogens with zero attached hydrogens (tertiary/aromatic N) is 3. The van der Waals surface area contributed by atoms with Crippen LogP contribution in [0.4, 0.5) is 15.0 Å². The summed E-state index contributed by atoms with van der Waals surface area (Å²) in [4.78, 5) is 28.9. The smallest absolute Gasteiger partial charge is 0.407 e. The van der Waals surface area contributed by atoms with Crippen molar-refractivity contribution in [1.82, 2.24) is 19.9 Å². The SMILES string of the molecule is CCOC(=O)c1cnn2ccc(N[C@H](C)c3cc(F)cc4c3O[C@@](C)(CNC(=O)OC(C)(C)C)C4)nc12. The number of ether oxygens (including phenoxy) is 3. The van der Waals surface area contributed by atoms with Crippen molar-refractivity contribution in [2.45, 2.75) is 65.2 Å². The van der Waals surface area contributed by atoms with Crippen molar-refractivity contribution in [2.75, 3.05) is 18.5 Å². The van der Waals surface area contributed by atoms with Crippen LogP contribution in [-0.2, 0) is 15.9 Å². The lowest BCUT2D eigenvalue weighted by Gasteiger charge is -2.27. The highest BCUT2D eigenvalue weighted by Gasteiger charge is 2.38. The molecular formula is C26H32FN5O5. The zero-order chi connectivity index (χ0) is 27.0. The van der Waals surface area contributed by atoms with Crippen LogP contribution in [0.5, 0.6) is 5.75 Å². The molecule has 0 saturated carbocycles. The number of rotatable bonds is 7. The van der Waals surface area contributed by atoms with Crippen molar-refractivity contribution in [3.8, 4) is 5.75 Å². The molecule has 37 heavy (non-hydrogen) atoms. The molecule has 3 aromatic rings. The van der Waals surface area contributed by atoms with Gasteiger partial charge in [-0.15, -0.1) is 0 Å². The lowest BCUT2D eigenvalue weighted by molar-refractivity contribution is 0.0447. The molecular weight excluding hydrogens is 481 g/mol. The second-order valence-electron chi connectivity index (χ2n) is 10.3. The number of halogens is 1. The van der Waals surface area contributed by atoms with Crippen LogP contribution >= 0.6 is 0 Å². The first-order chi connectivity index (χ1) is 17.4. The van der Waals surface area contributed by atoms with Crippen LogP contribution in [0.3, 0.4) is 0 Å². The minimum Gasteiger partial charge on any atom is -0.485 e. The number of anilines is 1. The highest BCUT2D eigenvalue weighted by Crippen LogP contribution is 2.41. The number of alkyl carbamates (subject to hydrolysis) is 1. The van der Waals surface area contributed by atoms with Crippen molar-refractivity contribution < 1.29 is 28.2 Å². The predicted molar refractivity (Wildman–Crippen MR) is 134 cm³/mol. The van der Waals surface area contributed by atoms with Crippen LogP contribution < -0.4 is 15.4 Å². The van der Waals surface area contributed by atoms with Gasteiger partial charge in [0.05, 0.1) is 25.4 Å². The van der Waals surface area contributed by atoms with E-state index in [0.717, 1.165) is 0 Å². The fraction of sp³-hybridized carbons (Fsp3) is 0.462. The number of aromatic nitrogens is 3. The molecule has 10 nitrogen and oxygen atoms in total. The fourth-order valence-electron chi connectivity index (χ4n) is 4.21. The summed E-state index contributed by atoms with van der Waals surface area (Å²) in [6, 6.07) is 4.19. The van der Waals surface area contributed by atoms with Gasteiger partial charge in [-0.3, -0.25) is 0 Å². The summed E-state index contributed by atoms with van der Waals surface area (Å²) in [5.41, 5.74) is 0.522. The van der Waals surface area contributed by atoms with Crippen molar-refractivity contribution in [2.24, 2.45) is 0 Å². The van der Waals surface area contributed by atoms with Crippen LogP contribution in [0, 0.1) is 5.82 Å². The maximum Gasteiger partial charge on any atom is 0.407 e. The van der Waals surface area contributed by atoms with E-state index in [1.807, 2.05) is 13.8 Å². The average Bonchev–Trinajstić information content (AvgIpc) is 3.36. The lowest BCUT2D eigenvalue weighted by atomic mass is 9.97. The summed E-state index contributed by atoms with van der Waals surface area (Å²) >= 11 is 0. The Morgan fingerprint density at radius 3 is 2.78 bits per heavy atom. The van der Waals surface area contributed by atoms with Crippen molar-refractivity contribution in [1.29, 1.82) is 0 Å². The molecule has 0 unspecified atom stereocenters. The maximum atomic E-state index is 14.6. The van der Waals surface area contributed by atoms with Crippen LogP contribution in [0.25, 0.3) is 5.65 Å². The molecule has 1 amide bonds. The number of esters is 1. The number of carbonyl (C=O) groups excluding carboxylic acids is 2. The van der Waals surface area contributed by atoms with E-state index in [4.69, 9.17) is 14.2 Å². The van der Waals surface area contributed by atoms with E-state index in [0.29, 0.717) is 34.8 Å². The predicted octanol–water partition coefficient (Wildman–Crippen LogP) is 4.44. The minimum absolute atomic E-state index is 0.190. The van der Waals surface area contributed by atoms with Crippen LogP contribution in [0.1, 0.15) is 69.1 Å². The minimum atomic E-state index is -0.773. The summed E-state index contributed by atoms with van der Waals surface area (Å²) in [7, 11) is 0. The molecule has 0 aliphatic carbocycles. The Kier molecular flexibility index (Phi) is 6.98. The molecule has 2 atom stereocenters. The van der Waals surface area contributed by atoms with Crippen LogP contribution in [0.2, 0.25) is 0 Å². The molecule has 1 aliphatic rings. The largest absolute Gasteiger partial charge is 0.485 e. The van der Waals surface area contributed by atoms with Gasteiger partial charge in [0.15, 0.2) is 5.65 Å². The van der Waals surface area contributed by atoms with Gasteiger partial charge < -0.3 is 24.8 Å². The van der Waals surface area contributed by atoms with Crippen molar-refractivity contribution >= 4 is 23.5 Å². The number of hydrogen-bond acceptors (Lipinski definition) is 8. The quantitative estimate of drug-likeness (QED) is 0.446. The first-order valence-corrected chi connectivity index (χ1v) is 12.1. The first-order valence-electron chi connectivity index (χ1n) is 12.1. The van der Waals surface area contributed by atoms with Gasteiger partial charge in [0.1, 0.15) is 34.2 Å². The van der Waals surface area contributed by atoms with E-state index in [-0.39, 0.29) is 24.5 Å². The van der Waals surface area contributed by atoms with E-state index in [1.54, 1.807) is 40.0 Å². The van der Waals surface area contributed by atoms with E-state index in [9.17, 15) is 14.0 Å².